The van der Waals surface area contributed by atoms with E-state index in [1.807, 2.05) is 30.3 Å². The molecule has 0 heterocycles. The molecule has 0 atom stereocenters. The summed E-state index contributed by atoms with van der Waals surface area (Å²) in [6, 6.07) is 8.04. The summed E-state index contributed by atoms with van der Waals surface area (Å²) in [5.41, 5.74) is 1.13. The molecular weight excluding hydrogens is 246 g/mol. The summed E-state index contributed by atoms with van der Waals surface area (Å²) in [5, 5.41) is 3.11. The third-order valence-electron chi connectivity index (χ3n) is 2.88. The van der Waals surface area contributed by atoms with E-state index in [0.29, 0.717) is 0 Å². The van der Waals surface area contributed by atoms with Gasteiger partial charge in [0, 0.05) is 0 Å². The summed E-state index contributed by atoms with van der Waals surface area (Å²) in [6.45, 7) is 13.1. The van der Waals surface area contributed by atoms with Crippen molar-refractivity contribution in [1.29, 1.82) is 0 Å². The van der Waals surface area contributed by atoms with Crippen LogP contribution in [0.25, 0.3) is 6.08 Å². The molecule has 0 radical (unpaired) electrons. The molecule has 0 fully saturated rings. The van der Waals surface area contributed by atoms with E-state index in [4.69, 9.17) is 4.74 Å². The first-order valence-corrected chi connectivity index (χ1v) is 7.84. The first-order valence-electron chi connectivity index (χ1n) is 7.84. The molecule has 0 aliphatic carbocycles. The van der Waals surface area contributed by atoms with E-state index >= 15 is 0 Å². The lowest BCUT2D eigenvalue weighted by Crippen LogP contribution is -2.09. The Morgan fingerprint density at radius 1 is 1.00 bits per heavy atom. The van der Waals surface area contributed by atoms with E-state index in [0.717, 1.165) is 37.4 Å². The van der Waals surface area contributed by atoms with Gasteiger partial charge < -0.3 is 10.1 Å². The molecule has 0 saturated heterocycles. The van der Waals surface area contributed by atoms with Gasteiger partial charge in [0.25, 0.3) is 0 Å². The van der Waals surface area contributed by atoms with Crippen LogP contribution in [0.3, 0.4) is 0 Å². The molecule has 114 valence electrons. The number of unbranched alkanes of at least 4 members (excludes halogenated alkanes) is 3. The summed E-state index contributed by atoms with van der Waals surface area (Å²) in [4.78, 5) is 0. The fourth-order valence-corrected chi connectivity index (χ4v) is 1.67. The van der Waals surface area contributed by atoms with Crippen LogP contribution in [-0.4, -0.2) is 19.7 Å². The van der Waals surface area contributed by atoms with E-state index in [9.17, 15) is 0 Å². The number of hydrogen-bond donors (Lipinski definition) is 1. The summed E-state index contributed by atoms with van der Waals surface area (Å²) in [5.74, 6) is 0.956. The molecule has 2 nitrogen and oxygen atoms in total. The van der Waals surface area contributed by atoms with Crippen LogP contribution < -0.4 is 10.1 Å². The van der Waals surface area contributed by atoms with Crippen LogP contribution in [0, 0.1) is 0 Å². The smallest absolute Gasteiger partial charge is 0.119 e. The van der Waals surface area contributed by atoms with Gasteiger partial charge in [0.15, 0.2) is 0 Å². The van der Waals surface area contributed by atoms with Gasteiger partial charge in [-0.3, -0.25) is 0 Å². The van der Waals surface area contributed by atoms with Crippen molar-refractivity contribution in [2.75, 3.05) is 19.7 Å². The van der Waals surface area contributed by atoms with Gasteiger partial charge >= 0.3 is 0 Å². The second-order valence-electron chi connectivity index (χ2n) is 4.64. The third-order valence-corrected chi connectivity index (χ3v) is 2.88. The molecule has 1 aromatic carbocycles. The Balaban J connectivity index is 0.000000621. The van der Waals surface area contributed by atoms with Crippen LogP contribution in [0.1, 0.15) is 52.0 Å². The minimum atomic E-state index is 0.827. The Labute approximate surface area is 125 Å². The monoisotopic (exact) mass is 277 g/mol. The topological polar surface area (TPSA) is 21.3 Å². The van der Waals surface area contributed by atoms with Crippen LogP contribution in [-0.2, 0) is 0 Å². The first kappa shape index (κ1) is 18.7. The van der Waals surface area contributed by atoms with Crippen molar-refractivity contribution in [3.8, 4) is 5.75 Å². The SMILES string of the molecule is C=Cc1ccc(OCCCCCC)cc1.CCNCC. The van der Waals surface area contributed by atoms with Crippen molar-refractivity contribution in [1.82, 2.24) is 5.32 Å². The molecule has 20 heavy (non-hydrogen) atoms. The normalized spacial score (nSPS) is 9.55. The minimum absolute atomic E-state index is 0.827. The Kier molecular flexibility index (Phi) is 13.2. The van der Waals surface area contributed by atoms with Crippen molar-refractivity contribution in [2.24, 2.45) is 0 Å². The summed E-state index contributed by atoms with van der Waals surface area (Å²) < 4.78 is 5.62. The molecule has 0 amide bonds. The average Bonchev–Trinajstić information content (AvgIpc) is 2.49. The van der Waals surface area contributed by atoms with E-state index in [1.54, 1.807) is 0 Å². The second-order valence-corrected chi connectivity index (χ2v) is 4.64. The van der Waals surface area contributed by atoms with Crippen molar-refractivity contribution in [2.45, 2.75) is 46.5 Å². The number of rotatable bonds is 9. The quantitative estimate of drug-likeness (QED) is 0.648. The van der Waals surface area contributed by atoms with Gasteiger partial charge in [-0.05, 0) is 37.2 Å². The lowest BCUT2D eigenvalue weighted by atomic mass is 10.2. The zero-order chi connectivity index (χ0) is 15.1. The predicted octanol–water partition coefficient (Wildman–Crippen LogP) is 4.90. The molecule has 0 aliphatic heterocycles. The average molecular weight is 277 g/mol. The maximum Gasteiger partial charge on any atom is 0.119 e. The number of ether oxygens (including phenoxy) is 1. The highest BCUT2D eigenvalue weighted by molar-refractivity contribution is 5.48. The molecule has 0 aliphatic rings. The maximum atomic E-state index is 5.62. The highest BCUT2D eigenvalue weighted by Crippen LogP contribution is 2.13. The maximum absolute atomic E-state index is 5.62. The van der Waals surface area contributed by atoms with Crippen molar-refractivity contribution in [3.05, 3.63) is 36.4 Å². The lowest BCUT2D eigenvalue weighted by molar-refractivity contribution is 0.305. The zero-order valence-corrected chi connectivity index (χ0v) is 13.5. The van der Waals surface area contributed by atoms with Gasteiger partial charge in [-0.25, -0.2) is 0 Å². The highest BCUT2D eigenvalue weighted by atomic mass is 16.5. The largest absolute Gasteiger partial charge is 0.494 e. The van der Waals surface area contributed by atoms with Crippen molar-refractivity contribution >= 4 is 6.08 Å². The Hall–Kier alpha value is -1.28. The fourth-order valence-electron chi connectivity index (χ4n) is 1.67. The predicted molar refractivity (Wildman–Crippen MR) is 90.4 cm³/mol. The molecule has 0 aromatic heterocycles. The molecule has 0 unspecified atom stereocenters. The molecule has 1 N–H and O–H groups in total. The Morgan fingerprint density at radius 2 is 1.65 bits per heavy atom. The standard InChI is InChI=1S/C14H20O.C4H11N/c1-3-5-6-7-12-15-14-10-8-13(4-2)9-11-14;1-3-5-4-2/h4,8-11H,2-3,5-7,12H2,1H3;5H,3-4H2,1-2H3. The third kappa shape index (κ3) is 10.6. The van der Waals surface area contributed by atoms with Gasteiger partial charge in [-0.15, -0.1) is 0 Å². The summed E-state index contributed by atoms with van der Waals surface area (Å²) in [6.07, 6.45) is 6.83. The fraction of sp³-hybridized carbons (Fsp3) is 0.556. The van der Waals surface area contributed by atoms with Crippen LogP contribution >= 0.6 is 0 Å². The van der Waals surface area contributed by atoms with Crippen LogP contribution in [0.15, 0.2) is 30.8 Å². The van der Waals surface area contributed by atoms with E-state index in [2.05, 4.69) is 32.7 Å². The molecule has 2 heteroatoms. The van der Waals surface area contributed by atoms with Gasteiger partial charge in [0.1, 0.15) is 5.75 Å². The van der Waals surface area contributed by atoms with Crippen LogP contribution in [0.5, 0.6) is 5.75 Å². The number of nitrogens with one attached hydrogen (secondary N) is 1. The van der Waals surface area contributed by atoms with Crippen LogP contribution in [0.2, 0.25) is 0 Å². The summed E-state index contributed by atoms with van der Waals surface area (Å²) >= 11 is 0. The van der Waals surface area contributed by atoms with Gasteiger partial charge in [-0.2, -0.15) is 0 Å². The molecular formula is C18H31NO. The van der Waals surface area contributed by atoms with Crippen molar-refractivity contribution < 1.29 is 4.74 Å². The zero-order valence-electron chi connectivity index (χ0n) is 13.5. The lowest BCUT2D eigenvalue weighted by Gasteiger charge is -2.05. The number of hydrogen-bond acceptors (Lipinski definition) is 2. The van der Waals surface area contributed by atoms with Crippen molar-refractivity contribution in [3.63, 3.8) is 0 Å². The van der Waals surface area contributed by atoms with E-state index < -0.39 is 0 Å². The molecule has 1 aromatic rings. The molecule has 0 bridgehead atoms. The Morgan fingerprint density at radius 3 is 2.10 bits per heavy atom. The van der Waals surface area contributed by atoms with Gasteiger partial charge in [0.2, 0.25) is 0 Å². The van der Waals surface area contributed by atoms with E-state index in [1.165, 1.54) is 19.3 Å². The Bertz CT molecular complexity index is 317. The second kappa shape index (κ2) is 14.1. The number of benzene rings is 1. The first-order chi connectivity index (χ1) is 9.78. The summed E-state index contributed by atoms with van der Waals surface area (Å²) in [7, 11) is 0. The minimum Gasteiger partial charge on any atom is -0.494 e. The van der Waals surface area contributed by atoms with E-state index in [-0.39, 0.29) is 0 Å². The van der Waals surface area contributed by atoms with Gasteiger partial charge in [-0.1, -0.05) is 64.8 Å². The van der Waals surface area contributed by atoms with Crippen LogP contribution in [0.4, 0.5) is 0 Å². The molecule has 0 spiro atoms. The molecule has 0 saturated carbocycles. The highest BCUT2D eigenvalue weighted by Gasteiger charge is 1.93. The molecule has 1 rings (SSSR count). The van der Waals surface area contributed by atoms with Gasteiger partial charge in [0.05, 0.1) is 6.61 Å².